The molecule has 4 N–H and O–H groups in total. The van der Waals surface area contributed by atoms with Gasteiger partial charge in [-0.05, 0) is 24.2 Å². The molecule has 0 radical (unpaired) electrons. The number of nitrogens with two attached hydrogens (primary N) is 1. The van der Waals surface area contributed by atoms with Crippen molar-refractivity contribution in [1.82, 2.24) is 5.32 Å². The fraction of sp³-hybridized carbons (Fsp3) is 0.300. The van der Waals surface area contributed by atoms with E-state index in [1.165, 1.54) is 0 Å². The summed E-state index contributed by atoms with van der Waals surface area (Å²) in [6, 6.07) is 9.79. The van der Waals surface area contributed by atoms with Gasteiger partial charge in [0.05, 0.1) is 6.04 Å². The number of rotatable bonds is 4. The summed E-state index contributed by atoms with van der Waals surface area (Å²) in [5.74, 6) is 0. The molecule has 0 saturated carbocycles. The summed E-state index contributed by atoms with van der Waals surface area (Å²) in [4.78, 5) is 0. The SMILES string of the molecule is NC(=S)NC(CCO)c1ccccc1. The maximum absolute atomic E-state index is 8.89. The lowest BCUT2D eigenvalue weighted by atomic mass is 10.0. The fourth-order valence-electron chi connectivity index (χ4n) is 1.31. The van der Waals surface area contributed by atoms with Crippen molar-refractivity contribution in [3.05, 3.63) is 35.9 Å². The molecule has 0 aliphatic carbocycles. The summed E-state index contributed by atoms with van der Waals surface area (Å²) < 4.78 is 0. The van der Waals surface area contributed by atoms with E-state index in [2.05, 4.69) is 5.32 Å². The van der Waals surface area contributed by atoms with Gasteiger partial charge in [-0.25, -0.2) is 0 Å². The molecule has 1 unspecified atom stereocenters. The number of benzene rings is 1. The zero-order valence-corrected chi connectivity index (χ0v) is 8.63. The van der Waals surface area contributed by atoms with Crippen molar-refractivity contribution < 1.29 is 5.11 Å². The van der Waals surface area contributed by atoms with Crippen LogP contribution in [-0.4, -0.2) is 16.8 Å². The molecule has 1 atom stereocenters. The van der Waals surface area contributed by atoms with E-state index >= 15 is 0 Å². The van der Waals surface area contributed by atoms with Crippen molar-refractivity contribution in [3.8, 4) is 0 Å². The monoisotopic (exact) mass is 210 g/mol. The van der Waals surface area contributed by atoms with Crippen molar-refractivity contribution in [2.75, 3.05) is 6.61 Å². The van der Waals surface area contributed by atoms with Gasteiger partial charge < -0.3 is 16.2 Å². The first-order chi connectivity index (χ1) is 6.74. The van der Waals surface area contributed by atoms with Crippen LogP contribution in [0.25, 0.3) is 0 Å². The predicted octanol–water partition coefficient (Wildman–Crippen LogP) is 0.943. The minimum absolute atomic E-state index is 0.00120. The summed E-state index contributed by atoms with van der Waals surface area (Å²) in [5.41, 5.74) is 6.48. The summed E-state index contributed by atoms with van der Waals surface area (Å²) >= 11 is 4.77. The van der Waals surface area contributed by atoms with Gasteiger partial charge in [-0.3, -0.25) is 0 Å². The van der Waals surface area contributed by atoms with Gasteiger partial charge in [-0.2, -0.15) is 0 Å². The third kappa shape index (κ3) is 3.32. The number of hydrogen-bond acceptors (Lipinski definition) is 2. The second kappa shape index (κ2) is 5.57. The van der Waals surface area contributed by atoms with Gasteiger partial charge in [0.2, 0.25) is 0 Å². The Morgan fingerprint density at radius 1 is 1.43 bits per heavy atom. The molecular weight excluding hydrogens is 196 g/mol. The molecule has 14 heavy (non-hydrogen) atoms. The molecule has 3 nitrogen and oxygen atoms in total. The van der Waals surface area contributed by atoms with Crippen molar-refractivity contribution >= 4 is 17.3 Å². The van der Waals surface area contributed by atoms with Crippen LogP contribution in [0.4, 0.5) is 0 Å². The molecule has 0 aromatic heterocycles. The summed E-state index contributed by atoms with van der Waals surface area (Å²) in [5, 5.41) is 12.1. The second-order valence-electron chi connectivity index (χ2n) is 2.98. The Labute approximate surface area is 88.9 Å². The minimum Gasteiger partial charge on any atom is -0.396 e. The molecule has 1 rings (SSSR count). The quantitative estimate of drug-likeness (QED) is 0.647. The van der Waals surface area contributed by atoms with Crippen molar-refractivity contribution in [2.45, 2.75) is 12.5 Å². The molecule has 0 saturated heterocycles. The van der Waals surface area contributed by atoms with E-state index in [9.17, 15) is 0 Å². The van der Waals surface area contributed by atoms with E-state index in [0.29, 0.717) is 6.42 Å². The summed E-state index contributed by atoms with van der Waals surface area (Å²) in [6.45, 7) is 0.106. The van der Waals surface area contributed by atoms with Crippen LogP contribution in [-0.2, 0) is 0 Å². The first-order valence-electron chi connectivity index (χ1n) is 4.46. The van der Waals surface area contributed by atoms with Crippen LogP contribution in [0.3, 0.4) is 0 Å². The van der Waals surface area contributed by atoms with Crippen LogP contribution in [0, 0.1) is 0 Å². The van der Waals surface area contributed by atoms with Gasteiger partial charge in [0, 0.05) is 6.61 Å². The van der Waals surface area contributed by atoms with Gasteiger partial charge >= 0.3 is 0 Å². The molecule has 76 valence electrons. The summed E-state index contributed by atoms with van der Waals surface area (Å²) in [7, 11) is 0. The van der Waals surface area contributed by atoms with E-state index in [1.54, 1.807) is 0 Å². The van der Waals surface area contributed by atoms with Crippen LogP contribution < -0.4 is 11.1 Å². The Hall–Kier alpha value is -1.13. The zero-order chi connectivity index (χ0) is 10.4. The standard InChI is InChI=1S/C10H14N2OS/c11-10(14)12-9(6-7-13)8-4-2-1-3-5-8/h1-5,9,13H,6-7H2,(H3,11,12,14). The van der Waals surface area contributed by atoms with E-state index in [-0.39, 0.29) is 17.8 Å². The first-order valence-corrected chi connectivity index (χ1v) is 4.86. The first kappa shape index (κ1) is 10.9. The lowest BCUT2D eigenvalue weighted by Crippen LogP contribution is -2.33. The zero-order valence-electron chi connectivity index (χ0n) is 7.81. The molecule has 0 amide bonds. The molecule has 0 heterocycles. The topological polar surface area (TPSA) is 58.3 Å². The van der Waals surface area contributed by atoms with Crippen molar-refractivity contribution in [2.24, 2.45) is 5.73 Å². The van der Waals surface area contributed by atoms with Crippen LogP contribution >= 0.6 is 12.2 Å². The molecule has 0 bridgehead atoms. The fourth-order valence-corrected chi connectivity index (χ4v) is 1.45. The Bertz CT molecular complexity index is 289. The van der Waals surface area contributed by atoms with Crippen molar-refractivity contribution in [1.29, 1.82) is 0 Å². The van der Waals surface area contributed by atoms with Gasteiger partial charge in [-0.1, -0.05) is 30.3 Å². The Kier molecular flexibility index (Phi) is 4.35. The third-order valence-electron chi connectivity index (χ3n) is 1.94. The molecule has 1 aromatic rings. The van der Waals surface area contributed by atoms with Crippen LogP contribution in [0.15, 0.2) is 30.3 Å². The van der Waals surface area contributed by atoms with Crippen LogP contribution in [0.5, 0.6) is 0 Å². The molecule has 0 aliphatic rings. The molecule has 0 spiro atoms. The largest absolute Gasteiger partial charge is 0.396 e. The average molecular weight is 210 g/mol. The average Bonchev–Trinajstić information content (AvgIpc) is 2.18. The third-order valence-corrected chi connectivity index (χ3v) is 2.05. The Morgan fingerprint density at radius 2 is 2.07 bits per heavy atom. The normalized spacial score (nSPS) is 12.1. The minimum atomic E-state index is -0.00120. The predicted molar refractivity (Wildman–Crippen MR) is 60.8 cm³/mol. The highest BCUT2D eigenvalue weighted by molar-refractivity contribution is 7.80. The number of aliphatic hydroxyl groups excluding tert-OH is 1. The van der Waals surface area contributed by atoms with E-state index in [0.717, 1.165) is 5.56 Å². The lowest BCUT2D eigenvalue weighted by Gasteiger charge is -2.17. The van der Waals surface area contributed by atoms with E-state index in [4.69, 9.17) is 23.1 Å². The van der Waals surface area contributed by atoms with E-state index < -0.39 is 0 Å². The Morgan fingerprint density at radius 3 is 2.57 bits per heavy atom. The number of aliphatic hydroxyl groups is 1. The highest BCUT2D eigenvalue weighted by Crippen LogP contribution is 2.15. The Balaban J connectivity index is 2.72. The van der Waals surface area contributed by atoms with Gasteiger partial charge in [0.15, 0.2) is 5.11 Å². The molecular formula is C10H14N2OS. The lowest BCUT2D eigenvalue weighted by molar-refractivity contribution is 0.272. The maximum Gasteiger partial charge on any atom is 0.164 e. The molecule has 0 fully saturated rings. The number of hydrogen-bond donors (Lipinski definition) is 3. The second-order valence-corrected chi connectivity index (χ2v) is 3.42. The molecule has 1 aromatic carbocycles. The highest BCUT2D eigenvalue weighted by atomic mass is 32.1. The number of thiocarbonyl (C=S) groups is 1. The van der Waals surface area contributed by atoms with Gasteiger partial charge in [0.25, 0.3) is 0 Å². The van der Waals surface area contributed by atoms with Crippen LogP contribution in [0.1, 0.15) is 18.0 Å². The summed E-state index contributed by atoms with van der Waals surface area (Å²) in [6.07, 6.45) is 0.599. The molecule has 4 heteroatoms. The molecule has 0 aliphatic heterocycles. The van der Waals surface area contributed by atoms with Gasteiger partial charge in [-0.15, -0.1) is 0 Å². The highest BCUT2D eigenvalue weighted by Gasteiger charge is 2.09. The van der Waals surface area contributed by atoms with Gasteiger partial charge in [0.1, 0.15) is 0 Å². The smallest absolute Gasteiger partial charge is 0.164 e. The number of nitrogens with one attached hydrogen (secondary N) is 1. The van der Waals surface area contributed by atoms with Crippen LogP contribution in [0.2, 0.25) is 0 Å². The maximum atomic E-state index is 8.89. The van der Waals surface area contributed by atoms with Crippen molar-refractivity contribution in [3.63, 3.8) is 0 Å². The van der Waals surface area contributed by atoms with E-state index in [1.807, 2.05) is 30.3 Å².